The van der Waals surface area contributed by atoms with E-state index in [1.54, 1.807) is 12.1 Å². The Labute approximate surface area is 167 Å². The van der Waals surface area contributed by atoms with Crippen molar-refractivity contribution in [2.75, 3.05) is 32.8 Å². The van der Waals surface area contributed by atoms with Gasteiger partial charge in [0.2, 0.25) is 15.9 Å². The maximum absolute atomic E-state index is 13.3. The molecule has 7 heteroatoms. The zero-order valence-corrected chi connectivity index (χ0v) is 17.3. The van der Waals surface area contributed by atoms with Gasteiger partial charge in [0.1, 0.15) is 0 Å². The molecule has 1 aliphatic carbocycles. The molecule has 0 aromatic heterocycles. The van der Waals surface area contributed by atoms with Crippen LogP contribution in [0.2, 0.25) is 0 Å². The predicted molar refractivity (Wildman–Crippen MR) is 106 cm³/mol. The van der Waals surface area contributed by atoms with E-state index in [0.717, 1.165) is 24.8 Å². The van der Waals surface area contributed by atoms with Crippen molar-refractivity contribution in [1.29, 1.82) is 0 Å². The summed E-state index contributed by atoms with van der Waals surface area (Å²) < 4.78 is 33.6. The Morgan fingerprint density at radius 1 is 1.21 bits per heavy atom. The molecule has 1 spiro atoms. The summed E-state index contributed by atoms with van der Waals surface area (Å²) >= 11 is 0. The molecule has 1 amide bonds. The van der Waals surface area contributed by atoms with Gasteiger partial charge in [-0.25, -0.2) is 8.42 Å². The van der Waals surface area contributed by atoms with Gasteiger partial charge in [0.05, 0.1) is 10.8 Å². The molecule has 2 saturated heterocycles. The lowest BCUT2D eigenvalue weighted by Crippen LogP contribution is -2.44. The van der Waals surface area contributed by atoms with E-state index in [1.165, 1.54) is 17.1 Å². The third-order valence-corrected chi connectivity index (χ3v) is 8.48. The molecule has 3 fully saturated rings. The number of rotatable bonds is 6. The van der Waals surface area contributed by atoms with Gasteiger partial charge in [-0.1, -0.05) is 19.1 Å². The van der Waals surface area contributed by atoms with Crippen LogP contribution in [0.15, 0.2) is 29.2 Å². The number of nitrogens with zero attached hydrogens (tertiary/aromatic N) is 1. The maximum atomic E-state index is 13.3. The van der Waals surface area contributed by atoms with Crippen LogP contribution in [-0.2, 0) is 26.0 Å². The summed E-state index contributed by atoms with van der Waals surface area (Å²) in [6.45, 7) is 4.60. The van der Waals surface area contributed by atoms with Gasteiger partial charge in [0.25, 0.3) is 0 Å². The smallest absolute Gasteiger partial charge is 0.243 e. The zero-order chi connectivity index (χ0) is 19.8. The van der Waals surface area contributed by atoms with Crippen LogP contribution < -0.4 is 5.32 Å². The minimum atomic E-state index is -3.61. The lowest BCUT2D eigenvalue weighted by Gasteiger charge is -2.37. The van der Waals surface area contributed by atoms with E-state index in [9.17, 15) is 13.2 Å². The fourth-order valence-electron chi connectivity index (χ4n) is 4.49. The van der Waals surface area contributed by atoms with Crippen molar-refractivity contribution in [3.8, 4) is 0 Å². The highest BCUT2D eigenvalue weighted by Gasteiger charge is 2.53. The summed E-state index contributed by atoms with van der Waals surface area (Å²) in [6.07, 6.45) is 4.69. The van der Waals surface area contributed by atoms with E-state index < -0.39 is 10.0 Å². The first-order valence-electron chi connectivity index (χ1n) is 10.4. The van der Waals surface area contributed by atoms with Gasteiger partial charge >= 0.3 is 0 Å². The molecule has 2 heterocycles. The van der Waals surface area contributed by atoms with E-state index >= 15 is 0 Å². The highest BCUT2D eigenvalue weighted by atomic mass is 32.2. The van der Waals surface area contributed by atoms with E-state index in [4.69, 9.17) is 4.74 Å². The fraction of sp³-hybridized carbons (Fsp3) is 0.667. The second-order valence-corrected chi connectivity index (χ2v) is 10.4. The van der Waals surface area contributed by atoms with Gasteiger partial charge in [0, 0.05) is 38.3 Å². The highest BCUT2D eigenvalue weighted by Crippen LogP contribution is 2.46. The molecule has 28 heavy (non-hydrogen) atoms. The minimum Gasteiger partial charge on any atom is -0.381 e. The van der Waals surface area contributed by atoms with Crippen LogP contribution in [0.1, 0.15) is 38.2 Å². The summed E-state index contributed by atoms with van der Waals surface area (Å²) in [6, 6.07) is 7.11. The quantitative estimate of drug-likeness (QED) is 0.786. The van der Waals surface area contributed by atoms with Gasteiger partial charge in [-0.05, 0) is 55.7 Å². The number of ether oxygens (including phenoxy) is 1. The second-order valence-electron chi connectivity index (χ2n) is 8.51. The van der Waals surface area contributed by atoms with Gasteiger partial charge < -0.3 is 10.1 Å². The number of hydrogen-bond donors (Lipinski definition) is 1. The average Bonchev–Trinajstić information content (AvgIpc) is 3.47. The number of nitrogens with one attached hydrogen (secondary N) is 1. The molecule has 1 aromatic carbocycles. The Morgan fingerprint density at radius 2 is 1.89 bits per heavy atom. The summed E-state index contributed by atoms with van der Waals surface area (Å²) in [7, 11) is -3.61. The molecule has 2 aliphatic heterocycles. The van der Waals surface area contributed by atoms with Gasteiger partial charge in [0.15, 0.2) is 0 Å². The van der Waals surface area contributed by atoms with Crippen LogP contribution in [0, 0.1) is 17.3 Å². The van der Waals surface area contributed by atoms with Crippen molar-refractivity contribution in [3.63, 3.8) is 0 Å². The molecule has 1 aromatic rings. The lowest BCUT2D eigenvalue weighted by atomic mass is 9.72. The fourth-order valence-corrected chi connectivity index (χ4v) is 6.04. The Kier molecular flexibility index (Phi) is 5.51. The normalized spacial score (nSPS) is 25.1. The third-order valence-electron chi connectivity index (χ3n) is 6.65. The standard InChI is InChI=1S/C21H30N2O4S/c1-2-16-5-7-18(8-6-16)28(25,26)23-14-19(20(24)22-13-17-3-4-17)21(15-23)9-11-27-12-10-21/h5-8,17,19H,2-4,9-15H2,1H3,(H,22,24)/t19-/m0/s1. The van der Waals surface area contributed by atoms with Crippen molar-refractivity contribution < 1.29 is 17.9 Å². The van der Waals surface area contributed by atoms with E-state index in [1.807, 2.05) is 19.1 Å². The molecular formula is C21H30N2O4S. The SMILES string of the molecule is CCc1ccc(S(=O)(=O)N2C[C@@H](C(=O)NCC3CC3)C3(CCOCC3)C2)cc1. The first kappa shape index (κ1) is 19.9. The van der Waals surface area contributed by atoms with Crippen LogP contribution in [0.5, 0.6) is 0 Å². The minimum absolute atomic E-state index is 0.00725. The summed E-state index contributed by atoms with van der Waals surface area (Å²) in [5, 5.41) is 3.08. The van der Waals surface area contributed by atoms with Crippen molar-refractivity contribution in [3.05, 3.63) is 29.8 Å². The van der Waals surface area contributed by atoms with Gasteiger partial charge in [-0.2, -0.15) is 4.31 Å². The molecule has 1 N–H and O–H groups in total. The largest absolute Gasteiger partial charge is 0.381 e. The second kappa shape index (κ2) is 7.76. The molecular weight excluding hydrogens is 376 g/mol. The van der Waals surface area contributed by atoms with Gasteiger partial charge in [-0.3, -0.25) is 4.79 Å². The molecule has 1 saturated carbocycles. The van der Waals surface area contributed by atoms with E-state index in [0.29, 0.717) is 37.1 Å². The number of carbonyl (C=O) groups is 1. The molecule has 4 rings (SSSR count). The molecule has 154 valence electrons. The Balaban J connectivity index is 1.56. The number of amides is 1. The zero-order valence-electron chi connectivity index (χ0n) is 16.5. The summed E-state index contributed by atoms with van der Waals surface area (Å²) in [5.74, 6) is 0.306. The third kappa shape index (κ3) is 3.84. The van der Waals surface area contributed by atoms with Crippen molar-refractivity contribution >= 4 is 15.9 Å². The Hall–Kier alpha value is -1.44. The van der Waals surface area contributed by atoms with Crippen molar-refractivity contribution in [2.24, 2.45) is 17.3 Å². The first-order chi connectivity index (χ1) is 13.4. The predicted octanol–water partition coefficient (Wildman–Crippen LogP) is 2.19. The topological polar surface area (TPSA) is 75.7 Å². The Morgan fingerprint density at radius 3 is 2.50 bits per heavy atom. The summed E-state index contributed by atoms with van der Waals surface area (Å²) in [5.41, 5.74) is 0.793. The molecule has 0 unspecified atom stereocenters. The van der Waals surface area contributed by atoms with Gasteiger partial charge in [-0.15, -0.1) is 0 Å². The van der Waals surface area contributed by atoms with Crippen molar-refractivity contribution in [1.82, 2.24) is 9.62 Å². The van der Waals surface area contributed by atoms with E-state index in [-0.39, 0.29) is 23.8 Å². The molecule has 1 atom stereocenters. The first-order valence-corrected chi connectivity index (χ1v) is 11.8. The van der Waals surface area contributed by atoms with Crippen molar-refractivity contribution in [2.45, 2.75) is 43.9 Å². The summed E-state index contributed by atoms with van der Waals surface area (Å²) in [4.78, 5) is 13.3. The Bertz CT molecular complexity index is 811. The number of hydrogen-bond acceptors (Lipinski definition) is 4. The monoisotopic (exact) mass is 406 g/mol. The number of benzene rings is 1. The number of sulfonamides is 1. The van der Waals surface area contributed by atoms with Crippen LogP contribution in [0.3, 0.4) is 0 Å². The van der Waals surface area contributed by atoms with Crippen LogP contribution in [-0.4, -0.2) is 51.5 Å². The highest BCUT2D eigenvalue weighted by molar-refractivity contribution is 7.89. The molecule has 0 radical (unpaired) electrons. The van der Waals surface area contributed by atoms with Crippen LogP contribution in [0.4, 0.5) is 0 Å². The molecule has 3 aliphatic rings. The molecule has 0 bridgehead atoms. The van der Waals surface area contributed by atoms with E-state index in [2.05, 4.69) is 5.32 Å². The number of aryl methyl sites for hydroxylation is 1. The average molecular weight is 407 g/mol. The maximum Gasteiger partial charge on any atom is 0.243 e. The molecule has 6 nitrogen and oxygen atoms in total. The van der Waals surface area contributed by atoms with Crippen LogP contribution in [0.25, 0.3) is 0 Å². The lowest BCUT2D eigenvalue weighted by molar-refractivity contribution is -0.129. The van der Waals surface area contributed by atoms with Crippen LogP contribution >= 0.6 is 0 Å². The number of carbonyl (C=O) groups excluding carboxylic acids is 1.